The standard InChI is InChI=1S/C19H21N3O3/c1-22(12-13-2-6-16-17(10-13)25-9-8-24-16)19(23)14-3-7-18(20-11-14)21-15-4-5-15/h2-3,6-7,10-11,15H,4-5,8-9,12H2,1H3,(H,20,21). The molecule has 1 aliphatic heterocycles. The van der Waals surface area contributed by atoms with Crippen LogP contribution in [0.2, 0.25) is 0 Å². The van der Waals surface area contributed by atoms with E-state index in [1.807, 2.05) is 30.3 Å². The van der Waals surface area contributed by atoms with E-state index >= 15 is 0 Å². The lowest BCUT2D eigenvalue weighted by Gasteiger charge is -2.21. The predicted molar refractivity (Wildman–Crippen MR) is 94.1 cm³/mol. The van der Waals surface area contributed by atoms with Gasteiger partial charge in [0, 0.05) is 25.8 Å². The lowest BCUT2D eigenvalue weighted by molar-refractivity contribution is 0.0784. The van der Waals surface area contributed by atoms with Crippen molar-refractivity contribution in [2.45, 2.75) is 25.4 Å². The van der Waals surface area contributed by atoms with Crippen molar-refractivity contribution in [1.82, 2.24) is 9.88 Å². The summed E-state index contributed by atoms with van der Waals surface area (Å²) in [5.41, 5.74) is 1.58. The van der Waals surface area contributed by atoms with Gasteiger partial charge in [0.15, 0.2) is 11.5 Å². The molecule has 1 fully saturated rings. The molecule has 1 aromatic carbocycles. The lowest BCUT2D eigenvalue weighted by atomic mass is 10.1. The van der Waals surface area contributed by atoms with Crippen molar-refractivity contribution in [3.05, 3.63) is 47.7 Å². The molecule has 0 atom stereocenters. The Morgan fingerprint density at radius 1 is 1.20 bits per heavy atom. The first-order valence-electron chi connectivity index (χ1n) is 8.55. The van der Waals surface area contributed by atoms with Crippen molar-refractivity contribution in [3.63, 3.8) is 0 Å². The Morgan fingerprint density at radius 3 is 2.72 bits per heavy atom. The first kappa shape index (κ1) is 15.7. The van der Waals surface area contributed by atoms with Crippen LogP contribution in [0.25, 0.3) is 0 Å². The predicted octanol–water partition coefficient (Wildman–Crippen LogP) is 2.70. The Bertz CT molecular complexity index is 772. The van der Waals surface area contributed by atoms with Gasteiger partial charge in [0.2, 0.25) is 0 Å². The molecule has 0 unspecified atom stereocenters. The van der Waals surface area contributed by atoms with E-state index < -0.39 is 0 Å². The van der Waals surface area contributed by atoms with E-state index in [1.54, 1.807) is 18.1 Å². The minimum Gasteiger partial charge on any atom is -0.486 e. The number of nitrogens with zero attached hydrogens (tertiary/aromatic N) is 2. The van der Waals surface area contributed by atoms with Crippen molar-refractivity contribution in [1.29, 1.82) is 0 Å². The Labute approximate surface area is 146 Å². The second-order valence-electron chi connectivity index (χ2n) is 6.49. The summed E-state index contributed by atoms with van der Waals surface area (Å²) in [6, 6.07) is 10.0. The molecular weight excluding hydrogens is 318 g/mol. The van der Waals surface area contributed by atoms with E-state index in [4.69, 9.17) is 9.47 Å². The molecule has 2 heterocycles. The maximum absolute atomic E-state index is 12.6. The topological polar surface area (TPSA) is 63.7 Å². The summed E-state index contributed by atoms with van der Waals surface area (Å²) < 4.78 is 11.1. The van der Waals surface area contributed by atoms with Gasteiger partial charge in [0.05, 0.1) is 5.56 Å². The third-order valence-electron chi connectivity index (χ3n) is 4.31. The van der Waals surface area contributed by atoms with Crippen molar-refractivity contribution in [2.75, 3.05) is 25.6 Å². The molecule has 6 nitrogen and oxygen atoms in total. The fourth-order valence-electron chi connectivity index (χ4n) is 2.79. The van der Waals surface area contributed by atoms with Gasteiger partial charge in [0.1, 0.15) is 19.0 Å². The van der Waals surface area contributed by atoms with Crippen molar-refractivity contribution < 1.29 is 14.3 Å². The number of carbonyl (C=O) groups excluding carboxylic acids is 1. The van der Waals surface area contributed by atoms with Gasteiger partial charge in [-0.2, -0.15) is 0 Å². The minimum absolute atomic E-state index is 0.0552. The Hall–Kier alpha value is -2.76. The largest absolute Gasteiger partial charge is 0.486 e. The van der Waals surface area contributed by atoms with Crippen molar-refractivity contribution in [2.24, 2.45) is 0 Å². The van der Waals surface area contributed by atoms with Gasteiger partial charge in [0.25, 0.3) is 5.91 Å². The molecule has 1 aromatic heterocycles. The van der Waals surface area contributed by atoms with E-state index in [-0.39, 0.29) is 5.91 Å². The number of aromatic nitrogens is 1. The molecule has 25 heavy (non-hydrogen) atoms. The second kappa shape index (κ2) is 6.63. The lowest BCUT2D eigenvalue weighted by Crippen LogP contribution is -2.26. The van der Waals surface area contributed by atoms with Gasteiger partial charge in [-0.1, -0.05) is 6.07 Å². The van der Waals surface area contributed by atoms with Crippen LogP contribution in [-0.2, 0) is 6.54 Å². The minimum atomic E-state index is -0.0552. The number of pyridine rings is 1. The summed E-state index contributed by atoms with van der Waals surface area (Å²) in [6.07, 6.45) is 4.02. The molecule has 2 aromatic rings. The van der Waals surface area contributed by atoms with E-state index in [0.29, 0.717) is 31.4 Å². The zero-order chi connectivity index (χ0) is 17.2. The van der Waals surface area contributed by atoms with Crippen LogP contribution in [0.15, 0.2) is 36.5 Å². The quantitative estimate of drug-likeness (QED) is 0.907. The van der Waals surface area contributed by atoms with Gasteiger partial charge in [-0.15, -0.1) is 0 Å². The van der Waals surface area contributed by atoms with Gasteiger partial charge >= 0.3 is 0 Å². The first-order valence-corrected chi connectivity index (χ1v) is 8.55. The average Bonchev–Trinajstić information content (AvgIpc) is 3.45. The molecule has 6 heteroatoms. The number of amides is 1. The number of carbonyl (C=O) groups is 1. The fraction of sp³-hybridized carbons (Fsp3) is 0.368. The number of hydrogen-bond acceptors (Lipinski definition) is 5. The summed E-state index contributed by atoms with van der Waals surface area (Å²) in [7, 11) is 1.79. The van der Waals surface area contributed by atoms with Crippen LogP contribution in [0.4, 0.5) is 5.82 Å². The van der Waals surface area contributed by atoms with E-state index in [2.05, 4.69) is 10.3 Å². The fourth-order valence-corrected chi connectivity index (χ4v) is 2.79. The van der Waals surface area contributed by atoms with Crippen LogP contribution in [0.1, 0.15) is 28.8 Å². The summed E-state index contributed by atoms with van der Waals surface area (Å²) in [4.78, 5) is 18.6. The van der Waals surface area contributed by atoms with Crippen molar-refractivity contribution >= 4 is 11.7 Å². The number of benzene rings is 1. The van der Waals surface area contributed by atoms with E-state index in [1.165, 1.54) is 12.8 Å². The molecule has 1 saturated carbocycles. The third kappa shape index (κ3) is 3.68. The van der Waals surface area contributed by atoms with E-state index in [0.717, 1.165) is 22.9 Å². The molecule has 130 valence electrons. The van der Waals surface area contributed by atoms with Gasteiger partial charge in [-0.05, 0) is 42.7 Å². The SMILES string of the molecule is CN(Cc1ccc2c(c1)OCCO2)C(=O)c1ccc(NC2CC2)nc1. The first-order chi connectivity index (χ1) is 12.2. The maximum Gasteiger partial charge on any atom is 0.255 e. The number of fused-ring (bicyclic) bond motifs is 1. The monoisotopic (exact) mass is 339 g/mol. The highest BCUT2D eigenvalue weighted by molar-refractivity contribution is 5.93. The molecule has 0 radical (unpaired) electrons. The zero-order valence-corrected chi connectivity index (χ0v) is 14.2. The third-order valence-corrected chi connectivity index (χ3v) is 4.31. The van der Waals surface area contributed by atoms with Crippen LogP contribution in [0, 0.1) is 0 Å². The number of nitrogens with one attached hydrogen (secondary N) is 1. The van der Waals surface area contributed by atoms with Gasteiger partial charge < -0.3 is 19.7 Å². The van der Waals surface area contributed by atoms with Crippen LogP contribution in [-0.4, -0.2) is 42.1 Å². The average molecular weight is 339 g/mol. The van der Waals surface area contributed by atoms with Crippen LogP contribution in [0.3, 0.4) is 0 Å². The van der Waals surface area contributed by atoms with Gasteiger partial charge in [-0.25, -0.2) is 4.98 Å². The number of hydrogen-bond donors (Lipinski definition) is 1. The van der Waals surface area contributed by atoms with Crippen LogP contribution < -0.4 is 14.8 Å². The second-order valence-corrected chi connectivity index (χ2v) is 6.49. The Kier molecular flexibility index (Phi) is 4.17. The summed E-state index contributed by atoms with van der Waals surface area (Å²) in [5, 5.41) is 3.32. The summed E-state index contributed by atoms with van der Waals surface area (Å²) >= 11 is 0. The Morgan fingerprint density at radius 2 is 2.00 bits per heavy atom. The molecule has 1 amide bonds. The number of rotatable bonds is 5. The molecular formula is C19H21N3O3. The van der Waals surface area contributed by atoms with Crippen LogP contribution in [0.5, 0.6) is 11.5 Å². The molecule has 2 aliphatic rings. The highest BCUT2D eigenvalue weighted by Gasteiger charge is 2.21. The van der Waals surface area contributed by atoms with Crippen LogP contribution >= 0.6 is 0 Å². The zero-order valence-electron chi connectivity index (χ0n) is 14.2. The summed E-state index contributed by atoms with van der Waals surface area (Å²) in [6.45, 7) is 1.62. The molecule has 4 rings (SSSR count). The van der Waals surface area contributed by atoms with Crippen molar-refractivity contribution in [3.8, 4) is 11.5 Å². The Balaban J connectivity index is 1.41. The molecule has 0 spiro atoms. The summed E-state index contributed by atoms with van der Waals surface area (Å²) in [5.74, 6) is 2.27. The normalized spacial score (nSPS) is 15.6. The number of anilines is 1. The highest BCUT2D eigenvalue weighted by atomic mass is 16.6. The highest BCUT2D eigenvalue weighted by Crippen LogP contribution is 2.31. The molecule has 1 aliphatic carbocycles. The maximum atomic E-state index is 12.6. The smallest absolute Gasteiger partial charge is 0.255 e. The van der Waals surface area contributed by atoms with Gasteiger partial charge in [-0.3, -0.25) is 4.79 Å². The molecule has 1 N–H and O–H groups in total. The molecule has 0 bridgehead atoms. The van der Waals surface area contributed by atoms with E-state index in [9.17, 15) is 4.79 Å². The molecule has 0 saturated heterocycles. The number of ether oxygens (including phenoxy) is 2.